The van der Waals surface area contributed by atoms with E-state index < -0.39 is 0 Å². The minimum atomic E-state index is 0.574. The van der Waals surface area contributed by atoms with Crippen LogP contribution in [0.5, 0.6) is 0 Å². The van der Waals surface area contributed by atoms with Gasteiger partial charge in [0.25, 0.3) is 0 Å². The molecule has 6 nitrogen and oxygen atoms in total. The predicted molar refractivity (Wildman–Crippen MR) is 83.7 cm³/mol. The quantitative estimate of drug-likeness (QED) is 0.200. The molecule has 116 valence electrons. The molecule has 0 heterocycles. The lowest BCUT2D eigenvalue weighted by Gasteiger charge is -2.10. The molecule has 0 bridgehead atoms. The molecule has 0 radical (unpaired) electrons. The van der Waals surface area contributed by atoms with Crippen LogP contribution >= 0.6 is 0 Å². The van der Waals surface area contributed by atoms with E-state index in [0.717, 1.165) is 58.9 Å². The Labute approximate surface area is 118 Å². The van der Waals surface area contributed by atoms with Gasteiger partial charge in [-0.2, -0.15) is 0 Å². The fourth-order valence-corrected chi connectivity index (χ4v) is 1.58. The number of hydrogen-bond acceptors (Lipinski definition) is 6. The summed E-state index contributed by atoms with van der Waals surface area (Å²) in [6.07, 6.45) is 0. The Morgan fingerprint density at radius 1 is 0.632 bits per heavy atom. The standard InChI is InChI=1S/C13H34N6/c1-13(2)19-12-11-18-10-9-17-8-7-16-6-5-15-4-3-14/h13,15-19H,3-12,14H2,1-2H3. The maximum Gasteiger partial charge on any atom is 0.00791 e. The third kappa shape index (κ3) is 17.8. The Bertz CT molecular complexity index is 165. The van der Waals surface area contributed by atoms with Crippen LogP contribution in [0.1, 0.15) is 13.8 Å². The molecule has 0 rings (SSSR count). The SMILES string of the molecule is CC(C)NCCNCCNCCNCCNCCN. The predicted octanol–water partition coefficient (Wildman–Crippen LogP) is -1.70. The number of hydrogen-bond donors (Lipinski definition) is 6. The Morgan fingerprint density at radius 3 is 1.37 bits per heavy atom. The fraction of sp³-hybridized carbons (Fsp3) is 1.00. The maximum atomic E-state index is 5.38. The zero-order valence-corrected chi connectivity index (χ0v) is 12.7. The molecule has 0 aliphatic carbocycles. The van der Waals surface area contributed by atoms with Crippen LogP contribution in [0.15, 0.2) is 0 Å². The van der Waals surface area contributed by atoms with Crippen LogP contribution < -0.4 is 32.3 Å². The monoisotopic (exact) mass is 274 g/mol. The second-order valence-corrected chi connectivity index (χ2v) is 4.90. The average molecular weight is 274 g/mol. The number of rotatable bonds is 15. The highest BCUT2D eigenvalue weighted by Gasteiger charge is 1.92. The molecule has 0 aliphatic heterocycles. The Hall–Kier alpha value is -0.240. The minimum Gasteiger partial charge on any atom is -0.329 e. The van der Waals surface area contributed by atoms with Crippen LogP contribution in [0.25, 0.3) is 0 Å². The van der Waals surface area contributed by atoms with Crippen LogP contribution in [-0.4, -0.2) is 71.5 Å². The lowest BCUT2D eigenvalue weighted by atomic mass is 10.4. The summed E-state index contributed by atoms with van der Waals surface area (Å²) in [7, 11) is 0. The highest BCUT2D eigenvalue weighted by atomic mass is 15.0. The van der Waals surface area contributed by atoms with E-state index in [2.05, 4.69) is 40.4 Å². The smallest absolute Gasteiger partial charge is 0.00791 e. The first-order valence-electron chi connectivity index (χ1n) is 7.53. The fourth-order valence-electron chi connectivity index (χ4n) is 1.58. The van der Waals surface area contributed by atoms with E-state index in [4.69, 9.17) is 5.73 Å². The van der Waals surface area contributed by atoms with Crippen molar-refractivity contribution < 1.29 is 0 Å². The molecule has 0 spiro atoms. The molecule has 6 heteroatoms. The zero-order chi connectivity index (χ0) is 14.2. The normalized spacial score (nSPS) is 11.4. The summed E-state index contributed by atoms with van der Waals surface area (Å²) in [5.74, 6) is 0. The van der Waals surface area contributed by atoms with E-state index in [-0.39, 0.29) is 0 Å². The van der Waals surface area contributed by atoms with Crippen molar-refractivity contribution in [1.82, 2.24) is 26.6 Å². The molecule has 0 aliphatic rings. The van der Waals surface area contributed by atoms with Gasteiger partial charge in [0, 0.05) is 71.5 Å². The first kappa shape index (κ1) is 18.8. The molecule has 0 aromatic carbocycles. The molecule has 19 heavy (non-hydrogen) atoms. The van der Waals surface area contributed by atoms with Gasteiger partial charge in [-0.1, -0.05) is 13.8 Å². The maximum absolute atomic E-state index is 5.38. The van der Waals surface area contributed by atoms with Crippen molar-refractivity contribution in [1.29, 1.82) is 0 Å². The lowest BCUT2D eigenvalue weighted by Crippen LogP contribution is -2.37. The number of nitrogens with one attached hydrogen (secondary N) is 5. The van der Waals surface area contributed by atoms with Crippen molar-refractivity contribution in [3.63, 3.8) is 0 Å². The zero-order valence-electron chi connectivity index (χ0n) is 12.7. The van der Waals surface area contributed by atoms with Crippen molar-refractivity contribution in [2.75, 3.05) is 65.4 Å². The van der Waals surface area contributed by atoms with E-state index in [1.54, 1.807) is 0 Å². The van der Waals surface area contributed by atoms with Crippen molar-refractivity contribution in [2.45, 2.75) is 19.9 Å². The Balaban J connectivity index is 2.91. The number of nitrogens with two attached hydrogens (primary N) is 1. The van der Waals surface area contributed by atoms with Gasteiger partial charge in [0.2, 0.25) is 0 Å². The summed E-state index contributed by atoms with van der Waals surface area (Å²) in [5, 5.41) is 16.8. The molecule has 0 amide bonds. The summed E-state index contributed by atoms with van der Waals surface area (Å²) in [4.78, 5) is 0. The van der Waals surface area contributed by atoms with Crippen LogP contribution in [0.3, 0.4) is 0 Å². The summed E-state index contributed by atoms with van der Waals surface area (Å²) >= 11 is 0. The molecule has 0 aromatic rings. The molecule has 0 fully saturated rings. The van der Waals surface area contributed by atoms with Gasteiger partial charge in [0.1, 0.15) is 0 Å². The van der Waals surface area contributed by atoms with Gasteiger partial charge in [-0.15, -0.1) is 0 Å². The van der Waals surface area contributed by atoms with Crippen LogP contribution in [-0.2, 0) is 0 Å². The van der Waals surface area contributed by atoms with E-state index >= 15 is 0 Å². The summed E-state index contributed by atoms with van der Waals surface area (Å²) in [6, 6.07) is 0.574. The third-order valence-corrected chi connectivity index (χ3v) is 2.61. The van der Waals surface area contributed by atoms with Crippen LogP contribution in [0, 0.1) is 0 Å². The Kier molecular flexibility index (Phi) is 15.6. The van der Waals surface area contributed by atoms with Gasteiger partial charge in [-0.25, -0.2) is 0 Å². The van der Waals surface area contributed by atoms with Crippen LogP contribution in [0.4, 0.5) is 0 Å². The van der Waals surface area contributed by atoms with Crippen molar-refractivity contribution in [3.8, 4) is 0 Å². The molecular formula is C13H34N6. The second-order valence-electron chi connectivity index (χ2n) is 4.90. The van der Waals surface area contributed by atoms with Crippen molar-refractivity contribution in [2.24, 2.45) is 5.73 Å². The molecule has 0 saturated heterocycles. The van der Waals surface area contributed by atoms with Crippen LogP contribution in [0.2, 0.25) is 0 Å². The lowest BCUT2D eigenvalue weighted by molar-refractivity contribution is 0.538. The van der Waals surface area contributed by atoms with E-state index in [0.29, 0.717) is 12.6 Å². The molecule has 0 unspecified atom stereocenters. The summed E-state index contributed by atoms with van der Waals surface area (Å²) in [6.45, 7) is 14.1. The van der Waals surface area contributed by atoms with Crippen molar-refractivity contribution >= 4 is 0 Å². The largest absolute Gasteiger partial charge is 0.329 e. The average Bonchev–Trinajstić information content (AvgIpc) is 2.39. The van der Waals surface area contributed by atoms with Gasteiger partial charge in [0.15, 0.2) is 0 Å². The molecule has 0 saturated carbocycles. The molecule has 7 N–H and O–H groups in total. The first-order chi connectivity index (χ1) is 9.27. The van der Waals surface area contributed by atoms with Gasteiger partial charge >= 0.3 is 0 Å². The topological polar surface area (TPSA) is 86.2 Å². The van der Waals surface area contributed by atoms with Gasteiger partial charge < -0.3 is 32.3 Å². The highest BCUT2D eigenvalue weighted by Crippen LogP contribution is 1.72. The van der Waals surface area contributed by atoms with Gasteiger partial charge in [-0.05, 0) is 0 Å². The van der Waals surface area contributed by atoms with Gasteiger partial charge in [0.05, 0.1) is 0 Å². The molecule has 0 atom stereocenters. The first-order valence-corrected chi connectivity index (χ1v) is 7.53. The summed E-state index contributed by atoms with van der Waals surface area (Å²) < 4.78 is 0. The van der Waals surface area contributed by atoms with E-state index in [9.17, 15) is 0 Å². The third-order valence-electron chi connectivity index (χ3n) is 2.61. The Morgan fingerprint density at radius 2 is 1.00 bits per heavy atom. The molecular weight excluding hydrogens is 240 g/mol. The van der Waals surface area contributed by atoms with E-state index in [1.807, 2.05) is 0 Å². The van der Waals surface area contributed by atoms with Gasteiger partial charge in [-0.3, -0.25) is 0 Å². The highest BCUT2D eigenvalue weighted by molar-refractivity contribution is 4.58. The molecule has 0 aromatic heterocycles. The van der Waals surface area contributed by atoms with E-state index in [1.165, 1.54) is 0 Å². The summed E-state index contributed by atoms with van der Waals surface area (Å²) in [5.41, 5.74) is 5.38. The van der Waals surface area contributed by atoms with Crippen molar-refractivity contribution in [3.05, 3.63) is 0 Å². The minimum absolute atomic E-state index is 0.574. The second kappa shape index (κ2) is 15.8.